The summed E-state index contributed by atoms with van der Waals surface area (Å²) in [6, 6.07) is 4.81. The van der Waals surface area contributed by atoms with Gasteiger partial charge in [-0.1, -0.05) is 19.2 Å². The quantitative estimate of drug-likeness (QED) is 0.248. The number of rotatable bonds is 10. The fourth-order valence-electron chi connectivity index (χ4n) is 1.92. The van der Waals surface area contributed by atoms with Crippen molar-refractivity contribution in [2.75, 3.05) is 37.1 Å². The number of amides is 2. The maximum atomic E-state index is 11.9. The van der Waals surface area contributed by atoms with Crippen LogP contribution in [0.1, 0.15) is 19.4 Å². The van der Waals surface area contributed by atoms with Gasteiger partial charge in [-0.3, -0.25) is 10.6 Å². The molecule has 0 atom stereocenters. The van der Waals surface area contributed by atoms with Crippen molar-refractivity contribution in [3.8, 4) is 0 Å². The Morgan fingerprint density at radius 2 is 1.23 bits per heavy atom. The van der Waals surface area contributed by atoms with Crippen LogP contribution in [0.25, 0.3) is 0 Å². The van der Waals surface area contributed by atoms with Gasteiger partial charge in [0.2, 0.25) is 0 Å². The standard InChI is InChI=1S/C21H26N2O8/c1-13(2)18(24)28-8-10-30-20(26)22-16-7-6-15(5)17(12-16)23-21(27)31-11-9-29-19(25)14(3)4/h6-7,12H,1,3,8-11H2,2,4-5H3,(H,22,26)(H,23,27). The van der Waals surface area contributed by atoms with E-state index in [-0.39, 0.29) is 37.6 Å². The predicted octanol–water partition coefficient (Wildman–Crippen LogP) is 3.33. The zero-order valence-corrected chi connectivity index (χ0v) is 17.7. The number of hydrogen-bond acceptors (Lipinski definition) is 8. The lowest BCUT2D eigenvalue weighted by atomic mass is 10.2. The molecule has 1 aromatic carbocycles. The molecular formula is C21H26N2O8. The maximum Gasteiger partial charge on any atom is 0.411 e. The second-order valence-corrected chi connectivity index (χ2v) is 6.38. The second kappa shape index (κ2) is 12.7. The van der Waals surface area contributed by atoms with Gasteiger partial charge in [-0.2, -0.15) is 0 Å². The third-order valence-corrected chi connectivity index (χ3v) is 3.52. The first kappa shape index (κ1) is 25.2. The average molecular weight is 434 g/mol. The van der Waals surface area contributed by atoms with E-state index in [0.29, 0.717) is 11.4 Å². The van der Waals surface area contributed by atoms with Crippen molar-refractivity contribution in [2.24, 2.45) is 0 Å². The van der Waals surface area contributed by atoms with Crippen LogP contribution in [-0.2, 0) is 28.5 Å². The molecule has 0 radical (unpaired) electrons. The first-order valence-electron chi connectivity index (χ1n) is 9.23. The van der Waals surface area contributed by atoms with E-state index in [0.717, 1.165) is 5.56 Å². The molecule has 2 N–H and O–H groups in total. The molecule has 10 nitrogen and oxygen atoms in total. The SMILES string of the molecule is C=C(C)C(=O)OCCOC(=O)Nc1ccc(C)c(NC(=O)OCCOC(=O)C(=C)C)c1. The summed E-state index contributed by atoms with van der Waals surface area (Å²) < 4.78 is 19.5. The van der Waals surface area contributed by atoms with Crippen LogP contribution in [-0.4, -0.2) is 50.6 Å². The molecule has 0 heterocycles. The van der Waals surface area contributed by atoms with Crippen molar-refractivity contribution < 1.29 is 38.1 Å². The molecule has 0 saturated carbocycles. The number of hydrogen-bond donors (Lipinski definition) is 2. The van der Waals surface area contributed by atoms with E-state index in [1.807, 2.05) is 0 Å². The number of benzene rings is 1. The Bertz CT molecular complexity index is 863. The summed E-state index contributed by atoms with van der Waals surface area (Å²) in [5, 5.41) is 5.02. The van der Waals surface area contributed by atoms with Crippen molar-refractivity contribution >= 4 is 35.5 Å². The minimum Gasteiger partial charge on any atom is -0.459 e. The highest BCUT2D eigenvalue weighted by atomic mass is 16.6. The van der Waals surface area contributed by atoms with Gasteiger partial charge in [0.1, 0.15) is 26.4 Å². The zero-order chi connectivity index (χ0) is 23.4. The lowest BCUT2D eigenvalue weighted by Gasteiger charge is -2.12. The number of aryl methyl sites for hydroxylation is 1. The Morgan fingerprint density at radius 1 is 0.774 bits per heavy atom. The highest BCUT2D eigenvalue weighted by Crippen LogP contribution is 2.20. The highest BCUT2D eigenvalue weighted by Gasteiger charge is 2.10. The normalized spacial score (nSPS) is 9.77. The molecule has 168 valence electrons. The summed E-state index contributed by atoms with van der Waals surface area (Å²) in [7, 11) is 0. The van der Waals surface area contributed by atoms with Gasteiger partial charge in [0.05, 0.1) is 0 Å². The van der Waals surface area contributed by atoms with Gasteiger partial charge in [-0.25, -0.2) is 19.2 Å². The van der Waals surface area contributed by atoms with Crippen molar-refractivity contribution in [2.45, 2.75) is 20.8 Å². The second-order valence-electron chi connectivity index (χ2n) is 6.38. The van der Waals surface area contributed by atoms with Crippen molar-refractivity contribution in [1.82, 2.24) is 0 Å². The fraction of sp³-hybridized carbons (Fsp3) is 0.333. The highest BCUT2D eigenvalue weighted by molar-refractivity contribution is 5.90. The predicted molar refractivity (Wildman–Crippen MR) is 113 cm³/mol. The molecule has 0 aliphatic heterocycles. The van der Waals surface area contributed by atoms with Crippen LogP contribution in [0.2, 0.25) is 0 Å². The monoisotopic (exact) mass is 434 g/mol. The Morgan fingerprint density at radius 3 is 1.71 bits per heavy atom. The van der Waals surface area contributed by atoms with Crippen LogP contribution in [0, 0.1) is 6.92 Å². The van der Waals surface area contributed by atoms with E-state index >= 15 is 0 Å². The molecule has 0 aliphatic rings. The number of esters is 2. The van der Waals surface area contributed by atoms with Crippen LogP contribution in [0.5, 0.6) is 0 Å². The molecular weight excluding hydrogens is 408 g/mol. The Kier molecular flexibility index (Phi) is 10.3. The molecule has 0 saturated heterocycles. The topological polar surface area (TPSA) is 129 Å². The number of carbonyl (C=O) groups is 4. The van der Waals surface area contributed by atoms with Gasteiger partial charge in [0.15, 0.2) is 0 Å². The summed E-state index contributed by atoms with van der Waals surface area (Å²) in [5.41, 5.74) is 1.97. The molecule has 1 rings (SSSR count). The molecule has 10 heteroatoms. The summed E-state index contributed by atoms with van der Waals surface area (Å²) in [5.74, 6) is -1.14. The van der Waals surface area contributed by atoms with Gasteiger partial charge in [0, 0.05) is 22.5 Å². The maximum absolute atomic E-state index is 11.9. The molecule has 1 aromatic rings. The van der Waals surface area contributed by atoms with Crippen LogP contribution in [0.3, 0.4) is 0 Å². The minimum absolute atomic E-state index is 0.104. The lowest BCUT2D eigenvalue weighted by molar-refractivity contribution is -0.140. The van der Waals surface area contributed by atoms with Gasteiger partial charge < -0.3 is 18.9 Å². The number of anilines is 2. The van der Waals surface area contributed by atoms with E-state index in [4.69, 9.17) is 18.9 Å². The average Bonchev–Trinajstić information content (AvgIpc) is 2.70. The smallest absolute Gasteiger partial charge is 0.411 e. The van der Waals surface area contributed by atoms with Crippen molar-refractivity contribution in [1.29, 1.82) is 0 Å². The third kappa shape index (κ3) is 9.97. The number of ether oxygens (including phenoxy) is 4. The van der Waals surface area contributed by atoms with Gasteiger partial charge in [-0.15, -0.1) is 0 Å². The minimum atomic E-state index is -0.761. The van der Waals surface area contributed by atoms with Crippen molar-refractivity contribution in [3.05, 3.63) is 48.1 Å². The first-order chi connectivity index (χ1) is 14.6. The van der Waals surface area contributed by atoms with E-state index in [2.05, 4.69) is 23.8 Å². The Balaban J connectivity index is 2.46. The zero-order valence-electron chi connectivity index (χ0n) is 17.7. The van der Waals surface area contributed by atoms with Crippen LogP contribution in [0.15, 0.2) is 42.5 Å². The molecule has 0 fully saturated rings. The Labute approximate surface area is 180 Å². The van der Waals surface area contributed by atoms with Gasteiger partial charge >= 0.3 is 24.1 Å². The third-order valence-electron chi connectivity index (χ3n) is 3.52. The van der Waals surface area contributed by atoms with Crippen LogP contribution >= 0.6 is 0 Å². The van der Waals surface area contributed by atoms with Gasteiger partial charge in [0.25, 0.3) is 0 Å². The molecule has 0 unspecified atom stereocenters. The summed E-state index contributed by atoms with van der Waals surface area (Å²) in [6.07, 6.45) is -1.52. The molecule has 0 aromatic heterocycles. The largest absolute Gasteiger partial charge is 0.459 e. The van der Waals surface area contributed by atoms with Crippen LogP contribution < -0.4 is 10.6 Å². The molecule has 0 aliphatic carbocycles. The summed E-state index contributed by atoms with van der Waals surface area (Å²) >= 11 is 0. The number of carbonyl (C=O) groups excluding carboxylic acids is 4. The van der Waals surface area contributed by atoms with E-state index in [9.17, 15) is 19.2 Å². The van der Waals surface area contributed by atoms with Gasteiger partial charge in [-0.05, 0) is 38.5 Å². The summed E-state index contributed by atoms with van der Waals surface area (Å²) in [4.78, 5) is 46.2. The van der Waals surface area contributed by atoms with E-state index in [1.165, 1.54) is 19.9 Å². The van der Waals surface area contributed by atoms with E-state index < -0.39 is 24.1 Å². The molecule has 31 heavy (non-hydrogen) atoms. The molecule has 2 amide bonds. The lowest BCUT2D eigenvalue weighted by Crippen LogP contribution is -2.20. The summed E-state index contributed by atoms with van der Waals surface area (Å²) in [6.45, 7) is 11.2. The van der Waals surface area contributed by atoms with E-state index in [1.54, 1.807) is 19.1 Å². The van der Waals surface area contributed by atoms with Crippen molar-refractivity contribution in [3.63, 3.8) is 0 Å². The molecule has 0 bridgehead atoms. The fourth-order valence-corrected chi connectivity index (χ4v) is 1.92. The molecule has 0 spiro atoms. The number of nitrogens with one attached hydrogen (secondary N) is 2. The first-order valence-corrected chi connectivity index (χ1v) is 9.23. The van der Waals surface area contributed by atoms with Crippen LogP contribution in [0.4, 0.5) is 21.0 Å². The Hall–Kier alpha value is -3.82.